The van der Waals surface area contributed by atoms with Gasteiger partial charge in [0.2, 0.25) is 0 Å². The molecule has 0 aromatic carbocycles. The van der Waals surface area contributed by atoms with Crippen LogP contribution in [-0.4, -0.2) is 9.89 Å². The van der Waals surface area contributed by atoms with E-state index in [1.165, 1.54) is 36.2 Å². The van der Waals surface area contributed by atoms with Gasteiger partial charge in [-0.2, -0.15) is 9.89 Å². The number of nitrogens with zero attached hydrogens (tertiary/aromatic N) is 2. The first-order valence-corrected chi connectivity index (χ1v) is 5.17. The van der Waals surface area contributed by atoms with Gasteiger partial charge in [-0.05, 0) is 37.7 Å². The quantitative estimate of drug-likeness (QED) is 0.766. The van der Waals surface area contributed by atoms with Crippen LogP contribution in [0.25, 0.3) is 0 Å². The average molecular weight is 216 g/mol. The lowest BCUT2D eigenvalue weighted by Gasteiger charge is -2.11. The number of nitrogen functional groups attached to an aromatic ring is 1. The first kappa shape index (κ1) is 11.4. The minimum Gasteiger partial charge on any atom is -0.323 e. The molecule has 3 nitrogen and oxygen atoms in total. The van der Waals surface area contributed by atoms with Crippen LogP contribution in [0.2, 0.25) is 0 Å². The van der Waals surface area contributed by atoms with Crippen LogP contribution < -0.4 is 5.84 Å². The molecule has 2 rings (SSSR count). The monoisotopic (exact) mass is 215 g/mol. The van der Waals surface area contributed by atoms with Crippen LogP contribution in [0.1, 0.15) is 43.1 Å². The molecule has 0 spiro atoms. The van der Waals surface area contributed by atoms with Gasteiger partial charge in [0.25, 0.3) is 0 Å². The van der Waals surface area contributed by atoms with Crippen LogP contribution in [-0.2, 0) is 19.3 Å². The summed E-state index contributed by atoms with van der Waals surface area (Å²) >= 11 is 0. The Bertz CT molecular complexity index is 307. The van der Waals surface area contributed by atoms with Crippen molar-refractivity contribution < 1.29 is 0 Å². The molecule has 0 atom stereocenters. The van der Waals surface area contributed by atoms with Crippen molar-refractivity contribution in [2.24, 2.45) is 0 Å². The van der Waals surface area contributed by atoms with Crippen LogP contribution in [0.3, 0.4) is 0 Å². The fourth-order valence-electron chi connectivity index (χ4n) is 2.14. The van der Waals surface area contributed by atoms with E-state index in [2.05, 4.69) is 12.0 Å². The highest BCUT2D eigenvalue weighted by Gasteiger charge is 2.18. The molecule has 1 aliphatic carbocycles. The summed E-state index contributed by atoms with van der Waals surface area (Å²) in [5.41, 5.74) is 3.95. The number of nitrogens with two attached hydrogens (primary N) is 1. The Balaban J connectivity index is 0.000000980. The first-order chi connectivity index (χ1) is 6.33. The minimum absolute atomic E-state index is 0. The van der Waals surface area contributed by atoms with Gasteiger partial charge in [-0.3, -0.25) is 0 Å². The summed E-state index contributed by atoms with van der Waals surface area (Å²) in [5.74, 6) is 5.80. The topological polar surface area (TPSA) is 43.8 Å². The Morgan fingerprint density at radius 3 is 2.79 bits per heavy atom. The molecular formula is C10H18ClN3. The fraction of sp³-hybridized carbons (Fsp3) is 0.700. The molecular weight excluding hydrogens is 198 g/mol. The van der Waals surface area contributed by atoms with Crippen LogP contribution >= 0.6 is 12.4 Å². The second kappa shape index (κ2) is 4.69. The lowest BCUT2D eigenvalue weighted by atomic mass is 9.95. The second-order valence-electron chi connectivity index (χ2n) is 3.77. The van der Waals surface area contributed by atoms with Crippen molar-refractivity contribution in [2.45, 2.75) is 45.4 Å². The molecule has 1 aliphatic rings. The van der Waals surface area contributed by atoms with E-state index in [9.17, 15) is 0 Å². The molecule has 0 aliphatic heterocycles. The first-order valence-electron chi connectivity index (χ1n) is 5.17. The highest BCUT2D eigenvalue weighted by atomic mass is 35.5. The molecule has 0 saturated heterocycles. The van der Waals surface area contributed by atoms with Crippen molar-refractivity contribution in [3.8, 4) is 0 Å². The molecule has 0 fully saturated rings. The standard InChI is InChI=1S/C10H17N3.ClH/c1-2-5-9-8-6-3-4-7-10(8)13(11)12-9;/h2-7,11H2,1H3;1H. The van der Waals surface area contributed by atoms with Gasteiger partial charge < -0.3 is 5.84 Å². The summed E-state index contributed by atoms with van der Waals surface area (Å²) in [5, 5.41) is 4.38. The molecule has 0 radical (unpaired) electrons. The molecule has 1 aromatic rings. The SMILES string of the molecule is CCCc1nn(N)c2c1CCCC2.Cl. The second-order valence-corrected chi connectivity index (χ2v) is 3.77. The zero-order valence-corrected chi connectivity index (χ0v) is 9.44. The maximum absolute atomic E-state index is 5.80. The molecule has 1 aromatic heterocycles. The van der Waals surface area contributed by atoms with Gasteiger partial charge in [-0.15, -0.1) is 12.4 Å². The molecule has 14 heavy (non-hydrogen) atoms. The van der Waals surface area contributed by atoms with Crippen LogP contribution in [0, 0.1) is 0 Å². The number of halogens is 1. The molecule has 4 heteroatoms. The number of aryl methyl sites for hydroxylation is 1. The van der Waals surface area contributed by atoms with Crippen molar-refractivity contribution >= 4 is 12.4 Å². The predicted molar refractivity (Wildman–Crippen MR) is 60.3 cm³/mol. The number of hydrogen-bond acceptors (Lipinski definition) is 2. The summed E-state index contributed by atoms with van der Waals surface area (Å²) in [6.45, 7) is 2.19. The largest absolute Gasteiger partial charge is 0.323 e. The summed E-state index contributed by atoms with van der Waals surface area (Å²) in [7, 11) is 0. The van der Waals surface area contributed by atoms with Gasteiger partial charge in [0, 0.05) is 0 Å². The number of aromatic nitrogens is 2. The lowest BCUT2D eigenvalue weighted by molar-refractivity contribution is 0.643. The molecule has 0 saturated carbocycles. The maximum atomic E-state index is 5.80. The number of hydrogen-bond donors (Lipinski definition) is 1. The Labute approximate surface area is 91.1 Å². The van der Waals surface area contributed by atoms with E-state index in [0.29, 0.717) is 0 Å². The van der Waals surface area contributed by atoms with Crippen molar-refractivity contribution in [3.05, 3.63) is 17.0 Å². The lowest BCUT2D eigenvalue weighted by Crippen LogP contribution is -2.16. The van der Waals surface area contributed by atoms with Crippen LogP contribution in [0.4, 0.5) is 0 Å². The van der Waals surface area contributed by atoms with Crippen LogP contribution in [0.5, 0.6) is 0 Å². The van der Waals surface area contributed by atoms with Crippen molar-refractivity contribution in [1.82, 2.24) is 9.89 Å². The third-order valence-electron chi connectivity index (χ3n) is 2.78. The molecule has 2 N–H and O–H groups in total. The zero-order valence-electron chi connectivity index (χ0n) is 8.62. The fourth-order valence-corrected chi connectivity index (χ4v) is 2.14. The van der Waals surface area contributed by atoms with E-state index in [4.69, 9.17) is 5.84 Å². The smallest absolute Gasteiger partial charge is 0.0680 e. The number of fused-ring (bicyclic) bond motifs is 1. The van der Waals surface area contributed by atoms with Gasteiger partial charge in [-0.25, -0.2) is 0 Å². The average Bonchev–Trinajstić information content (AvgIpc) is 2.46. The zero-order chi connectivity index (χ0) is 9.26. The third-order valence-corrected chi connectivity index (χ3v) is 2.78. The molecule has 0 amide bonds. The van der Waals surface area contributed by atoms with E-state index in [-0.39, 0.29) is 12.4 Å². The number of rotatable bonds is 2. The van der Waals surface area contributed by atoms with Gasteiger partial charge in [0.05, 0.1) is 11.4 Å². The molecule has 0 bridgehead atoms. The highest BCUT2D eigenvalue weighted by molar-refractivity contribution is 5.85. The molecule has 1 heterocycles. The minimum atomic E-state index is 0. The van der Waals surface area contributed by atoms with E-state index < -0.39 is 0 Å². The van der Waals surface area contributed by atoms with E-state index in [1.807, 2.05) is 0 Å². The summed E-state index contributed by atoms with van der Waals surface area (Å²) in [4.78, 5) is 1.60. The van der Waals surface area contributed by atoms with Crippen molar-refractivity contribution in [1.29, 1.82) is 0 Å². The Morgan fingerprint density at radius 2 is 2.07 bits per heavy atom. The van der Waals surface area contributed by atoms with Gasteiger partial charge in [0.15, 0.2) is 0 Å². The Hall–Kier alpha value is -0.700. The van der Waals surface area contributed by atoms with Gasteiger partial charge >= 0.3 is 0 Å². The van der Waals surface area contributed by atoms with Crippen molar-refractivity contribution in [3.63, 3.8) is 0 Å². The van der Waals surface area contributed by atoms with Crippen LogP contribution in [0.15, 0.2) is 0 Å². The highest BCUT2D eigenvalue weighted by Crippen LogP contribution is 2.23. The van der Waals surface area contributed by atoms with Gasteiger partial charge in [-0.1, -0.05) is 13.3 Å². The molecule has 80 valence electrons. The normalized spacial score (nSPS) is 14.6. The predicted octanol–water partition coefficient (Wildman–Crippen LogP) is 1.85. The summed E-state index contributed by atoms with van der Waals surface area (Å²) < 4.78 is 0. The van der Waals surface area contributed by atoms with E-state index in [1.54, 1.807) is 4.79 Å². The van der Waals surface area contributed by atoms with E-state index in [0.717, 1.165) is 19.3 Å². The van der Waals surface area contributed by atoms with Crippen molar-refractivity contribution in [2.75, 3.05) is 5.84 Å². The maximum Gasteiger partial charge on any atom is 0.0680 e. The third kappa shape index (κ3) is 1.87. The Morgan fingerprint density at radius 1 is 1.36 bits per heavy atom. The Kier molecular flexibility index (Phi) is 3.81. The summed E-state index contributed by atoms with van der Waals surface area (Å²) in [6, 6.07) is 0. The molecule has 0 unspecified atom stereocenters. The summed E-state index contributed by atoms with van der Waals surface area (Å²) in [6.07, 6.45) is 7.09. The van der Waals surface area contributed by atoms with E-state index >= 15 is 0 Å². The van der Waals surface area contributed by atoms with Gasteiger partial charge in [0.1, 0.15) is 0 Å².